The van der Waals surface area contributed by atoms with E-state index in [-0.39, 0.29) is 0 Å². The zero-order valence-corrected chi connectivity index (χ0v) is 9.77. The van der Waals surface area contributed by atoms with E-state index in [9.17, 15) is 5.11 Å². The number of benzene rings is 1. The molecular weight excluding hydrogens is 204 g/mol. The van der Waals surface area contributed by atoms with Crippen molar-refractivity contribution in [2.45, 2.75) is 19.4 Å². The molecule has 16 heavy (non-hydrogen) atoms. The van der Waals surface area contributed by atoms with Crippen molar-refractivity contribution < 1.29 is 14.6 Å². The van der Waals surface area contributed by atoms with E-state index < -0.39 is 6.10 Å². The second-order valence-corrected chi connectivity index (χ2v) is 3.51. The van der Waals surface area contributed by atoms with Crippen molar-refractivity contribution in [3.63, 3.8) is 0 Å². The predicted molar refractivity (Wildman–Crippen MR) is 63.9 cm³/mol. The number of hydrogen-bond acceptors (Lipinski definition) is 3. The molecule has 3 heteroatoms. The molecule has 0 saturated carbocycles. The Morgan fingerprint density at radius 1 is 1.44 bits per heavy atom. The van der Waals surface area contributed by atoms with Crippen molar-refractivity contribution >= 4 is 0 Å². The monoisotopic (exact) mass is 222 g/mol. The molecule has 0 radical (unpaired) electrons. The summed E-state index contributed by atoms with van der Waals surface area (Å²) in [6, 6.07) is 5.42. The molecule has 1 N–H and O–H groups in total. The summed E-state index contributed by atoms with van der Waals surface area (Å²) in [6.45, 7) is 5.92. The maximum Gasteiger partial charge on any atom is 0.161 e. The topological polar surface area (TPSA) is 38.7 Å². The maximum atomic E-state index is 9.44. The van der Waals surface area contributed by atoms with E-state index in [1.54, 1.807) is 26.2 Å². The highest BCUT2D eigenvalue weighted by Crippen LogP contribution is 2.30. The summed E-state index contributed by atoms with van der Waals surface area (Å²) in [5.41, 5.74) is 0.813. The number of aliphatic hydroxyl groups excluding tert-OH is 1. The lowest BCUT2D eigenvalue weighted by atomic mass is 10.1. The Hall–Kier alpha value is -1.48. The molecule has 0 heterocycles. The van der Waals surface area contributed by atoms with Crippen LogP contribution in [0.15, 0.2) is 30.9 Å². The van der Waals surface area contributed by atoms with Crippen LogP contribution in [0.1, 0.15) is 25.0 Å². The number of aliphatic hydroxyl groups is 1. The smallest absolute Gasteiger partial charge is 0.161 e. The first-order chi connectivity index (χ1) is 7.69. The van der Waals surface area contributed by atoms with Crippen molar-refractivity contribution in [3.05, 3.63) is 36.4 Å². The minimum Gasteiger partial charge on any atom is -0.493 e. The largest absolute Gasteiger partial charge is 0.493 e. The zero-order chi connectivity index (χ0) is 12.0. The van der Waals surface area contributed by atoms with Crippen molar-refractivity contribution in [2.75, 3.05) is 13.7 Å². The molecule has 0 bridgehead atoms. The molecule has 0 aromatic heterocycles. The van der Waals surface area contributed by atoms with Crippen LogP contribution in [0.4, 0.5) is 0 Å². The van der Waals surface area contributed by atoms with Crippen LogP contribution >= 0.6 is 0 Å². The second-order valence-electron chi connectivity index (χ2n) is 3.51. The lowest BCUT2D eigenvalue weighted by Crippen LogP contribution is -1.99. The van der Waals surface area contributed by atoms with Crippen LogP contribution in [0.5, 0.6) is 11.5 Å². The third-order valence-electron chi connectivity index (χ3n) is 2.25. The standard InChI is InChI=1S/C13H18O3/c1-4-5-8-16-12-7-6-11(10(2)14)9-13(12)15-3/h4,6-7,9-10,14H,1,5,8H2,2-3H3/t10-/m1/s1. The van der Waals surface area contributed by atoms with Gasteiger partial charge in [-0.1, -0.05) is 12.1 Å². The van der Waals surface area contributed by atoms with Crippen molar-refractivity contribution in [1.29, 1.82) is 0 Å². The number of hydrogen-bond donors (Lipinski definition) is 1. The van der Waals surface area contributed by atoms with E-state index in [0.717, 1.165) is 12.0 Å². The average molecular weight is 222 g/mol. The van der Waals surface area contributed by atoms with E-state index in [4.69, 9.17) is 9.47 Å². The van der Waals surface area contributed by atoms with Gasteiger partial charge < -0.3 is 14.6 Å². The highest BCUT2D eigenvalue weighted by atomic mass is 16.5. The first-order valence-electron chi connectivity index (χ1n) is 5.28. The molecule has 1 aromatic carbocycles. The molecule has 0 amide bonds. The summed E-state index contributed by atoms with van der Waals surface area (Å²) in [5.74, 6) is 1.33. The van der Waals surface area contributed by atoms with Crippen LogP contribution in [0.3, 0.4) is 0 Å². The Morgan fingerprint density at radius 3 is 2.75 bits per heavy atom. The number of ether oxygens (including phenoxy) is 2. The molecule has 0 fully saturated rings. The van der Waals surface area contributed by atoms with Gasteiger partial charge in [0.25, 0.3) is 0 Å². The fourth-order valence-corrected chi connectivity index (χ4v) is 1.32. The third-order valence-corrected chi connectivity index (χ3v) is 2.25. The van der Waals surface area contributed by atoms with Gasteiger partial charge in [-0.15, -0.1) is 6.58 Å². The Kier molecular flexibility index (Phi) is 4.86. The minimum absolute atomic E-state index is 0.504. The number of methoxy groups -OCH3 is 1. The van der Waals surface area contributed by atoms with Gasteiger partial charge in [-0.2, -0.15) is 0 Å². The Labute approximate surface area is 96.3 Å². The SMILES string of the molecule is C=CCCOc1ccc([C@@H](C)O)cc1OC. The van der Waals surface area contributed by atoms with Gasteiger partial charge in [-0.3, -0.25) is 0 Å². The summed E-state index contributed by atoms with van der Waals surface area (Å²) in [4.78, 5) is 0. The summed E-state index contributed by atoms with van der Waals surface area (Å²) in [5, 5.41) is 9.44. The fraction of sp³-hybridized carbons (Fsp3) is 0.385. The molecular formula is C13H18O3. The highest BCUT2D eigenvalue weighted by Gasteiger charge is 2.08. The van der Waals surface area contributed by atoms with E-state index in [2.05, 4.69) is 6.58 Å². The summed E-state index contributed by atoms with van der Waals surface area (Å²) >= 11 is 0. The Bertz CT molecular complexity index is 345. The van der Waals surface area contributed by atoms with Crippen molar-refractivity contribution in [3.8, 4) is 11.5 Å². The van der Waals surface area contributed by atoms with Gasteiger partial charge in [0.05, 0.1) is 19.8 Å². The molecule has 0 saturated heterocycles. The van der Waals surface area contributed by atoms with Crippen molar-refractivity contribution in [2.24, 2.45) is 0 Å². The first-order valence-corrected chi connectivity index (χ1v) is 5.28. The lowest BCUT2D eigenvalue weighted by Gasteiger charge is -2.12. The van der Waals surface area contributed by atoms with Crippen LogP contribution < -0.4 is 9.47 Å². The Balaban J connectivity index is 2.80. The van der Waals surface area contributed by atoms with Gasteiger partial charge in [-0.25, -0.2) is 0 Å². The third kappa shape index (κ3) is 3.28. The van der Waals surface area contributed by atoms with Gasteiger partial charge in [0.1, 0.15) is 0 Å². The molecule has 1 aromatic rings. The van der Waals surface area contributed by atoms with Crippen LogP contribution in [0.2, 0.25) is 0 Å². The minimum atomic E-state index is -0.504. The molecule has 0 aliphatic heterocycles. The molecule has 1 rings (SSSR count). The normalized spacial score (nSPS) is 11.9. The van der Waals surface area contributed by atoms with Crippen molar-refractivity contribution in [1.82, 2.24) is 0 Å². The molecule has 0 spiro atoms. The van der Waals surface area contributed by atoms with Gasteiger partial charge in [-0.05, 0) is 31.0 Å². The van der Waals surface area contributed by atoms with Gasteiger partial charge >= 0.3 is 0 Å². The Morgan fingerprint density at radius 2 is 2.19 bits per heavy atom. The molecule has 0 aliphatic carbocycles. The number of rotatable bonds is 6. The van der Waals surface area contributed by atoms with Crippen LogP contribution in [-0.2, 0) is 0 Å². The van der Waals surface area contributed by atoms with E-state index in [1.807, 2.05) is 12.1 Å². The predicted octanol–water partition coefficient (Wildman–Crippen LogP) is 2.70. The molecule has 1 atom stereocenters. The summed E-state index contributed by atoms with van der Waals surface area (Å²) in [6.07, 6.45) is 2.09. The first kappa shape index (κ1) is 12.6. The second kappa shape index (κ2) is 6.18. The molecule has 88 valence electrons. The van der Waals surface area contributed by atoms with Crippen LogP contribution in [0, 0.1) is 0 Å². The summed E-state index contributed by atoms with van der Waals surface area (Å²) in [7, 11) is 1.58. The summed E-state index contributed by atoms with van der Waals surface area (Å²) < 4.78 is 10.7. The molecule has 3 nitrogen and oxygen atoms in total. The van der Waals surface area contributed by atoms with E-state index in [1.165, 1.54) is 0 Å². The maximum absolute atomic E-state index is 9.44. The van der Waals surface area contributed by atoms with Gasteiger partial charge in [0, 0.05) is 0 Å². The fourth-order valence-electron chi connectivity index (χ4n) is 1.32. The highest BCUT2D eigenvalue weighted by molar-refractivity contribution is 5.43. The van der Waals surface area contributed by atoms with Gasteiger partial charge in [0.2, 0.25) is 0 Å². The quantitative estimate of drug-likeness (QED) is 0.594. The van der Waals surface area contributed by atoms with E-state index in [0.29, 0.717) is 18.1 Å². The van der Waals surface area contributed by atoms with Crippen LogP contribution in [-0.4, -0.2) is 18.8 Å². The average Bonchev–Trinajstić information content (AvgIpc) is 2.29. The van der Waals surface area contributed by atoms with Gasteiger partial charge in [0.15, 0.2) is 11.5 Å². The lowest BCUT2D eigenvalue weighted by molar-refractivity contribution is 0.198. The molecule has 0 unspecified atom stereocenters. The van der Waals surface area contributed by atoms with E-state index >= 15 is 0 Å². The zero-order valence-electron chi connectivity index (χ0n) is 9.77. The molecule has 0 aliphatic rings. The van der Waals surface area contributed by atoms with Crippen LogP contribution in [0.25, 0.3) is 0 Å².